The number of aryl methyl sites for hydroxylation is 1. The zero-order chi connectivity index (χ0) is 11.5. The molecule has 0 saturated carbocycles. The normalized spacial score (nSPS) is 11.0. The molecule has 0 aliphatic rings. The van der Waals surface area contributed by atoms with Crippen LogP contribution in [0, 0.1) is 0 Å². The van der Waals surface area contributed by atoms with Gasteiger partial charge < -0.3 is 0 Å². The summed E-state index contributed by atoms with van der Waals surface area (Å²) in [4.78, 5) is 0. The zero-order valence-corrected chi connectivity index (χ0v) is 10.2. The Balaban J connectivity index is 2.29. The Labute approximate surface area is 97.2 Å². The molecule has 0 bridgehead atoms. The van der Waals surface area contributed by atoms with Crippen molar-refractivity contribution in [3.05, 3.63) is 54.1 Å². The highest BCUT2D eigenvalue weighted by Gasteiger charge is 2.17. The van der Waals surface area contributed by atoms with Gasteiger partial charge in [0.05, 0.1) is 13.0 Å². The van der Waals surface area contributed by atoms with Crippen molar-refractivity contribution in [3.8, 4) is 0 Å². The van der Waals surface area contributed by atoms with E-state index in [1.165, 1.54) is 11.4 Å². The van der Waals surface area contributed by atoms with Gasteiger partial charge in [0, 0.05) is 0 Å². The molecular formula is C14H19N2+. The molecule has 0 atom stereocenters. The Bertz CT molecular complexity index is 455. The minimum Gasteiger partial charge on any atom is -0.237 e. The molecule has 0 spiro atoms. The van der Waals surface area contributed by atoms with Gasteiger partial charge in [-0.15, -0.1) is 0 Å². The molecular weight excluding hydrogens is 196 g/mol. The van der Waals surface area contributed by atoms with Gasteiger partial charge in [0.25, 0.3) is 5.82 Å². The highest BCUT2D eigenvalue weighted by molar-refractivity contribution is 5.15. The fourth-order valence-electron chi connectivity index (χ4n) is 2.19. The monoisotopic (exact) mass is 215 g/mol. The standard InChI is InChI=1S/C14H19N2/c1-12(2)14-15(3)9-10-16(14)11-13-7-5-4-6-8-13/h4-10,12H,11H2,1-3H3/q+1. The van der Waals surface area contributed by atoms with Crippen LogP contribution in [0.1, 0.15) is 31.2 Å². The summed E-state index contributed by atoms with van der Waals surface area (Å²) in [6.45, 7) is 5.42. The van der Waals surface area contributed by atoms with Crippen molar-refractivity contribution in [1.29, 1.82) is 0 Å². The Kier molecular flexibility index (Phi) is 3.09. The number of rotatable bonds is 3. The summed E-state index contributed by atoms with van der Waals surface area (Å²) >= 11 is 0. The van der Waals surface area contributed by atoms with E-state index in [0.717, 1.165) is 6.54 Å². The first-order valence-corrected chi connectivity index (χ1v) is 5.77. The average molecular weight is 215 g/mol. The summed E-state index contributed by atoms with van der Waals surface area (Å²) in [5.74, 6) is 1.91. The highest BCUT2D eigenvalue weighted by Crippen LogP contribution is 2.12. The Morgan fingerprint density at radius 3 is 2.50 bits per heavy atom. The Morgan fingerprint density at radius 1 is 1.19 bits per heavy atom. The molecule has 0 fully saturated rings. The lowest BCUT2D eigenvalue weighted by atomic mass is 10.2. The van der Waals surface area contributed by atoms with E-state index < -0.39 is 0 Å². The van der Waals surface area contributed by atoms with Crippen LogP contribution in [0.25, 0.3) is 0 Å². The summed E-state index contributed by atoms with van der Waals surface area (Å²) < 4.78 is 4.52. The molecule has 16 heavy (non-hydrogen) atoms. The van der Waals surface area contributed by atoms with Crippen molar-refractivity contribution in [2.45, 2.75) is 26.3 Å². The average Bonchev–Trinajstić information content (AvgIpc) is 2.61. The zero-order valence-electron chi connectivity index (χ0n) is 10.2. The van der Waals surface area contributed by atoms with Crippen molar-refractivity contribution in [2.75, 3.05) is 0 Å². The quantitative estimate of drug-likeness (QED) is 0.696. The van der Waals surface area contributed by atoms with Gasteiger partial charge in [0.2, 0.25) is 0 Å². The van der Waals surface area contributed by atoms with Crippen molar-refractivity contribution in [2.24, 2.45) is 7.05 Å². The van der Waals surface area contributed by atoms with Crippen LogP contribution in [0.15, 0.2) is 42.7 Å². The second-order valence-electron chi connectivity index (χ2n) is 4.54. The maximum Gasteiger partial charge on any atom is 0.259 e. The summed E-state index contributed by atoms with van der Waals surface area (Å²) in [5.41, 5.74) is 1.35. The first-order chi connectivity index (χ1) is 7.68. The van der Waals surface area contributed by atoms with Crippen LogP contribution >= 0.6 is 0 Å². The number of hydrogen-bond acceptors (Lipinski definition) is 0. The molecule has 0 saturated heterocycles. The maximum absolute atomic E-state index is 2.32. The molecule has 2 nitrogen and oxygen atoms in total. The van der Waals surface area contributed by atoms with E-state index in [-0.39, 0.29) is 0 Å². The van der Waals surface area contributed by atoms with E-state index in [1.54, 1.807) is 0 Å². The van der Waals surface area contributed by atoms with E-state index in [2.05, 4.69) is 72.8 Å². The molecule has 0 amide bonds. The fourth-order valence-corrected chi connectivity index (χ4v) is 2.19. The predicted octanol–water partition coefficient (Wildman–Crippen LogP) is 2.48. The van der Waals surface area contributed by atoms with Gasteiger partial charge in [-0.3, -0.25) is 0 Å². The maximum atomic E-state index is 2.32. The minimum absolute atomic E-state index is 0.545. The van der Waals surface area contributed by atoms with Gasteiger partial charge in [-0.2, -0.15) is 0 Å². The predicted molar refractivity (Wildman–Crippen MR) is 65.2 cm³/mol. The Hall–Kier alpha value is -1.57. The van der Waals surface area contributed by atoms with E-state index in [4.69, 9.17) is 0 Å². The van der Waals surface area contributed by atoms with E-state index in [9.17, 15) is 0 Å². The van der Waals surface area contributed by atoms with Crippen LogP contribution in [0.4, 0.5) is 0 Å². The third-order valence-electron chi connectivity index (χ3n) is 2.84. The van der Waals surface area contributed by atoms with E-state index >= 15 is 0 Å². The van der Waals surface area contributed by atoms with Gasteiger partial charge in [0.1, 0.15) is 18.9 Å². The Morgan fingerprint density at radius 2 is 1.88 bits per heavy atom. The van der Waals surface area contributed by atoms with Crippen molar-refractivity contribution in [1.82, 2.24) is 4.57 Å². The molecule has 0 radical (unpaired) electrons. The summed E-state index contributed by atoms with van der Waals surface area (Å²) in [7, 11) is 2.11. The molecule has 2 aromatic rings. The number of nitrogens with zero attached hydrogens (tertiary/aromatic N) is 2. The number of imidazole rings is 1. The first kappa shape index (κ1) is 10.9. The third-order valence-corrected chi connectivity index (χ3v) is 2.84. The molecule has 1 heterocycles. The molecule has 0 unspecified atom stereocenters. The lowest BCUT2D eigenvalue weighted by Crippen LogP contribution is -2.33. The van der Waals surface area contributed by atoms with Crippen LogP contribution in [-0.4, -0.2) is 4.57 Å². The first-order valence-electron chi connectivity index (χ1n) is 5.77. The van der Waals surface area contributed by atoms with Gasteiger partial charge in [-0.05, 0) is 5.56 Å². The van der Waals surface area contributed by atoms with Crippen LogP contribution in [0.3, 0.4) is 0 Å². The van der Waals surface area contributed by atoms with Crippen LogP contribution in [-0.2, 0) is 13.6 Å². The molecule has 0 aliphatic heterocycles. The largest absolute Gasteiger partial charge is 0.259 e. The van der Waals surface area contributed by atoms with Gasteiger partial charge in [0.15, 0.2) is 0 Å². The van der Waals surface area contributed by atoms with E-state index in [1.807, 2.05) is 0 Å². The molecule has 1 aromatic heterocycles. The smallest absolute Gasteiger partial charge is 0.237 e. The second-order valence-corrected chi connectivity index (χ2v) is 4.54. The van der Waals surface area contributed by atoms with Gasteiger partial charge in [-0.1, -0.05) is 44.2 Å². The molecule has 1 aromatic carbocycles. The van der Waals surface area contributed by atoms with Crippen LogP contribution in [0.5, 0.6) is 0 Å². The minimum atomic E-state index is 0.545. The number of benzene rings is 1. The van der Waals surface area contributed by atoms with Crippen molar-refractivity contribution >= 4 is 0 Å². The summed E-state index contributed by atoms with van der Waals surface area (Å²) in [5, 5.41) is 0. The highest BCUT2D eigenvalue weighted by atomic mass is 15.1. The van der Waals surface area contributed by atoms with Crippen molar-refractivity contribution < 1.29 is 4.57 Å². The van der Waals surface area contributed by atoms with Crippen molar-refractivity contribution in [3.63, 3.8) is 0 Å². The molecule has 0 N–H and O–H groups in total. The lowest BCUT2D eigenvalue weighted by molar-refractivity contribution is -0.679. The lowest BCUT2D eigenvalue weighted by Gasteiger charge is -2.05. The summed E-state index contributed by atoms with van der Waals surface area (Å²) in [6.07, 6.45) is 4.28. The molecule has 2 rings (SSSR count). The molecule has 0 aliphatic carbocycles. The van der Waals surface area contributed by atoms with Crippen LogP contribution in [0.2, 0.25) is 0 Å². The number of hydrogen-bond donors (Lipinski definition) is 0. The fraction of sp³-hybridized carbons (Fsp3) is 0.357. The summed E-state index contributed by atoms with van der Waals surface area (Å²) in [6, 6.07) is 10.6. The SMILES string of the molecule is CC(C)c1n(Cc2ccccc2)cc[n+]1C. The second kappa shape index (κ2) is 4.52. The molecule has 2 heteroatoms. The molecule has 84 valence electrons. The van der Waals surface area contributed by atoms with Gasteiger partial charge in [-0.25, -0.2) is 9.13 Å². The van der Waals surface area contributed by atoms with Gasteiger partial charge >= 0.3 is 0 Å². The van der Waals surface area contributed by atoms with E-state index in [0.29, 0.717) is 5.92 Å². The topological polar surface area (TPSA) is 8.81 Å². The third kappa shape index (κ3) is 2.16. The van der Waals surface area contributed by atoms with Crippen LogP contribution < -0.4 is 4.57 Å². The number of aromatic nitrogens is 2.